The summed E-state index contributed by atoms with van der Waals surface area (Å²) in [6.07, 6.45) is 0. The van der Waals surface area contributed by atoms with Crippen molar-refractivity contribution in [3.05, 3.63) is 88.9 Å². The van der Waals surface area contributed by atoms with E-state index >= 15 is 0 Å². The number of esters is 1. The van der Waals surface area contributed by atoms with E-state index in [0.29, 0.717) is 11.3 Å². The van der Waals surface area contributed by atoms with Crippen LogP contribution in [0.5, 0.6) is 0 Å². The second kappa shape index (κ2) is 8.98. The van der Waals surface area contributed by atoms with Crippen LogP contribution in [0, 0.1) is 0 Å². The number of sulfonamides is 1. The Labute approximate surface area is 178 Å². The fraction of sp³-hybridized carbons (Fsp3) is 0.0476. The largest absolute Gasteiger partial charge is 0.465 e. The van der Waals surface area contributed by atoms with Gasteiger partial charge in [0, 0.05) is 5.69 Å². The molecule has 0 bridgehead atoms. The maximum absolute atomic E-state index is 12.5. The summed E-state index contributed by atoms with van der Waals surface area (Å²) in [5.74, 6) is -0.965. The molecule has 1 amide bonds. The smallest absolute Gasteiger partial charge is 0.337 e. The van der Waals surface area contributed by atoms with Crippen molar-refractivity contribution in [1.29, 1.82) is 0 Å². The maximum Gasteiger partial charge on any atom is 0.337 e. The SMILES string of the molecule is COC(=O)c1ccc(NC(=O)c2ccc(NS(=O)(=O)c3ccccc3)cc2Cl)cc1. The first-order valence-electron chi connectivity index (χ1n) is 8.67. The van der Waals surface area contributed by atoms with Gasteiger partial charge in [-0.3, -0.25) is 9.52 Å². The second-order valence-electron chi connectivity index (χ2n) is 6.14. The molecule has 3 rings (SSSR count). The van der Waals surface area contributed by atoms with Crippen LogP contribution in [-0.4, -0.2) is 27.4 Å². The lowest BCUT2D eigenvalue weighted by Crippen LogP contribution is -2.15. The first kappa shape index (κ1) is 21.4. The number of ether oxygens (including phenoxy) is 1. The van der Waals surface area contributed by atoms with Gasteiger partial charge in [-0.15, -0.1) is 0 Å². The lowest BCUT2D eigenvalue weighted by atomic mass is 10.1. The normalized spacial score (nSPS) is 10.9. The van der Waals surface area contributed by atoms with Crippen LogP contribution in [0.3, 0.4) is 0 Å². The molecule has 3 aromatic carbocycles. The van der Waals surface area contributed by atoms with Crippen molar-refractivity contribution in [1.82, 2.24) is 0 Å². The topological polar surface area (TPSA) is 102 Å². The second-order valence-corrected chi connectivity index (χ2v) is 8.23. The van der Waals surface area contributed by atoms with E-state index in [2.05, 4.69) is 14.8 Å². The Hall–Kier alpha value is -3.36. The van der Waals surface area contributed by atoms with Crippen LogP contribution in [0.15, 0.2) is 77.7 Å². The molecule has 7 nitrogen and oxygen atoms in total. The predicted octanol–water partition coefficient (Wildman–Crippen LogP) is 4.18. The molecule has 154 valence electrons. The van der Waals surface area contributed by atoms with Crippen molar-refractivity contribution in [3.8, 4) is 0 Å². The Balaban J connectivity index is 1.73. The molecule has 0 spiro atoms. The monoisotopic (exact) mass is 444 g/mol. The molecule has 30 heavy (non-hydrogen) atoms. The number of benzene rings is 3. The third-order valence-electron chi connectivity index (χ3n) is 4.08. The Morgan fingerprint density at radius 2 is 1.53 bits per heavy atom. The fourth-order valence-corrected chi connectivity index (χ4v) is 3.92. The molecule has 0 atom stereocenters. The van der Waals surface area contributed by atoms with Gasteiger partial charge in [0.1, 0.15) is 0 Å². The molecule has 2 N–H and O–H groups in total. The van der Waals surface area contributed by atoms with E-state index in [1.807, 2.05) is 0 Å². The molecule has 0 aliphatic carbocycles. The van der Waals surface area contributed by atoms with Crippen LogP contribution in [0.1, 0.15) is 20.7 Å². The van der Waals surface area contributed by atoms with Crippen molar-refractivity contribution in [2.75, 3.05) is 17.1 Å². The number of rotatable bonds is 6. The van der Waals surface area contributed by atoms with Crippen molar-refractivity contribution in [2.24, 2.45) is 0 Å². The van der Waals surface area contributed by atoms with Crippen molar-refractivity contribution in [2.45, 2.75) is 4.90 Å². The summed E-state index contributed by atoms with van der Waals surface area (Å²) in [6.45, 7) is 0. The van der Waals surface area contributed by atoms with Gasteiger partial charge in [0.25, 0.3) is 15.9 Å². The van der Waals surface area contributed by atoms with E-state index in [4.69, 9.17) is 11.6 Å². The predicted molar refractivity (Wildman–Crippen MR) is 114 cm³/mol. The minimum Gasteiger partial charge on any atom is -0.465 e. The first-order valence-corrected chi connectivity index (χ1v) is 10.5. The minimum atomic E-state index is -3.77. The molecule has 3 aromatic rings. The van der Waals surface area contributed by atoms with Crippen LogP contribution < -0.4 is 10.0 Å². The average molecular weight is 445 g/mol. The number of amides is 1. The number of carbonyl (C=O) groups excluding carboxylic acids is 2. The number of nitrogens with one attached hydrogen (secondary N) is 2. The van der Waals surface area contributed by atoms with E-state index < -0.39 is 21.9 Å². The molecule has 9 heteroatoms. The molecule has 0 aliphatic heterocycles. The van der Waals surface area contributed by atoms with Crippen LogP contribution in [0.2, 0.25) is 5.02 Å². The van der Waals surface area contributed by atoms with Gasteiger partial charge in [-0.1, -0.05) is 29.8 Å². The summed E-state index contributed by atoms with van der Waals surface area (Å²) < 4.78 is 31.9. The van der Waals surface area contributed by atoms with Crippen LogP contribution >= 0.6 is 11.6 Å². The molecule has 0 heterocycles. The third kappa shape index (κ3) is 4.97. The zero-order valence-corrected chi connectivity index (χ0v) is 17.3. The van der Waals surface area contributed by atoms with E-state index in [-0.39, 0.29) is 21.2 Å². The van der Waals surface area contributed by atoms with E-state index in [1.54, 1.807) is 30.3 Å². The molecule has 0 saturated heterocycles. The van der Waals surface area contributed by atoms with E-state index in [1.165, 1.54) is 49.6 Å². The number of carbonyl (C=O) groups is 2. The number of halogens is 1. The Kier molecular flexibility index (Phi) is 6.39. The lowest BCUT2D eigenvalue weighted by Gasteiger charge is -2.11. The molecule has 0 unspecified atom stereocenters. The number of anilines is 2. The first-order chi connectivity index (χ1) is 14.3. The van der Waals surface area contributed by atoms with Crippen LogP contribution in [0.25, 0.3) is 0 Å². The van der Waals surface area contributed by atoms with Crippen molar-refractivity contribution < 1.29 is 22.7 Å². The summed E-state index contributed by atoms with van der Waals surface area (Å²) in [5.41, 5.74) is 1.19. The van der Waals surface area contributed by atoms with Crippen molar-refractivity contribution in [3.63, 3.8) is 0 Å². The molecule has 0 fully saturated rings. The average Bonchev–Trinajstić information content (AvgIpc) is 2.74. The molecular formula is C21H17ClN2O5S. The zero-order valence-electron chi connectivity index (χ0n) is 15.8. The van der Waals surface area contributed by atoms with Gasteiger partial charge in [-0.05, 0) is 54.6 Å². The van der Waals surface area contributed by atoms with Gasteiger partial charge >= 0.3 is 5.97 Å². The molecule has 0 aliphatic rings. The van der Waals surface area contributed by atoms with Crippen LogP contribution in [-0.2, 0) is 14.8 Å². The highest BCUT2D eigenvalue weighted by Gasteiger charge is 2.16. The summed E-state index contributed by atoms with van der Waals surface area (Å²) >= 11 is 6.19. The van der Waals surface area contributed by atoms with Gasteiger partial charge in [0.15, 0.2) is 0 Å². The van der Waals surface area contributed by atoms with Crippen LogP contribution in [0.4, 0.5) is 11.4 Å². The number of methoxy groups -OCH3 is 1. The molecule has 0 saturated carbocycles. The highest BCUT2D eigenvalue weighted by Crippen LogP contribution is 2.24. The molecule has 0 radical (unpaired) electrons. The van der Waals surface area contributed by atoms with Gasteiger partial charge < -0.3 is 10.1 Å². The van der Waals surface area contributed by atoms with Gasteiger partial charge in [0.2, 0.25) is 0 Å². The third-order valence-corrected chi connectivity index (χ3v) is 5.79. The van der Waals surface area contributed by atoms with Gasteiger partial charge in [0.05, 0.1) is 33.8 Å². The number of hydrogen-bond acceptors (Lipinski definition) is 5. The summed E-state index contributed by atoms with van der Waals surface area (Å²) in [4.78, 5) is 24.1. The Morgan fingerprint density at radius 1 is 0.900 bits per heavy atom. The molecule has 0 aromatic heterocycles. The summed E-state index contributed by atoms with van der Waals surface area (Å²) in [5, 5.41) is 2.74. The summed E-state index contributed by atoms with van der Waals surface area (Å²) in [7, 11) is -2.49. The van der Waals surface area contributed by atoms with E-state index in [0.717, 1.165) is 0 Å². The van der Waals surface area contributed by atoms with E-state index in [9.17, 15) is 18.0 Å². The quantitative estimate of drug-likeness (QED) is 0.555. The van der Waals surface area contributed by atoms with Crippen molar-refractivity contribution >= 4 is 44.9 Å². The number of hydrogen-bond donors (Lipinski definition) is 2. The highest BCUT2D eigenvalue weighted by atomic mass is 35.5. The Bertz CT molecular complexity index is 1180. The Morgan fingerprint density at radius 3 is 2.13 bits per heavy atom. The zero-order chi connectivity index (χ0) is 21.7. The molecular weight excluding hydrogens is 428 g/mol. The minimum absolute atomic E-state index is 0.0759. The standard InChI is InChI=1S/C21H17ClN2O5S/c1-29-21(26)14-7-9-15(10-8-14)23-20(25)18-12-11-16(13-19(18)22)24-30(27,28)17-5-3-2-4-6-17/h2-13,24H,1H3,(H,23,25). The lowest BCUT2D eigenvalue weighted by molar-refractivity contribution is 0.0600. The highest BCUT2D eigenvalue weighted by molar-refractivity contribution is 7.92. The van der Waals surface area contributed by atoms with Gasteiger partial charge in [-0.2, -0.15) is 0 Å². The fourth-order valence-electron chi connectivity index (χ4n) is 2.58. The summed E-state index contributed by atoms with van der Waals surface area (Å²) in [6, 6.07) is 18.3. The van der Waals surface area contributed by atoms with Gasteiger partial charge in [-0.25, -0.2) is 13.2 Å². The maximum atomic E-state index is 12.5.